The van der Waals surface area contributed by atoms with E-state index in [-0.39, 0.29) is 5.91 Å². The molecule has 44 heavy (non-hydrogen) atoms. The molecular weight excluding hydrogens is 570 g/mol. The number of para-hydroxylation sites is 2. The highest BCUT2D eigenvalue weighted by molar-refractivity contribution is 7.98. The van der Waals surface area contributed by atoms with Crippen molar-refractivity contribution in [2.75, 3.05) is 17.7 Å². The Hall–Kier alpha value is -5.02. The monoisotopic (exact) mass is 603 g/mol. The molecule has 1 aromatic heterocycles. The molecule has 2 heterocycles. The molecule has 1 amide bonds. The Bertz CT molecular complexity index is 1800. The summed E-state index contributed by atoms with van der Waals surface area (Å²) >= 11 is 1.55. The van der Waals surface area contributed by atoms with Crippen LogP contribution in [0.3, 0.4) is 0 Å². The van der Waals surface area contributed by atoms with E-state index in [2.05, 4.69) is 54.0 Å². The number of aromatic nitrogens is 3. The quantitative estimate of drug-likeness (QED) is 0.161. The largest absolute Gasteiger partial charge is 0.495 e. The Morgan fingerprint density at radius 3 is 2.50 bits per heavy atom. The maximum atomic E-state index is 14.0. The first-order chi connectivity index (χ1) is 21.5. The molecule has 0 saturated heterocycles. The van der Waals surface area contributed by atoms with Crippen molar-refractivity contribution >= 4 is 29.3 Å². The summed E-state index contributed by atoms with van der Waals surface area (Å²) in [5.74, 6) is 2.30. The average molecular weight is 604 g/mol. The highest BCUT2D eigenvalue weighted by Gasteiger charge is 2.35. The van der Waals surface area contributed by atoms with E-state index in [1.165, 1.54) is 11.1 Å². The summed E-state index contributed by atoms with van der Waals surface area (Å²) in [4.78, 5) is 18.8. The van der Waals surface area contributed by atoms with Crippen LogP contribution >= 0.6 is 11.8 Å². The van der Waals surface area contributed by atoms with Gasteiger partial charge in [0.25, 0.3) is 5.91 Å². The minimum Gasteiger partial charge on any atom is -0.495 e. The summed E-state index contributed by atoms with van der Waals surface area (Å²) in [7, 11) is 1.58. The van der Waals surface area contributed by atoms with Crippen molar-refractivity contribution in [3.63, 3.8) is 0 Å². The first-order valence-corrected chi connectivity index (χ1v) is 15.3. The van der Waals surface area contributed by atoms with Crippen LogP contribution in [-0.4, -0.2) is 27.8 Å². The number of fused-ring (bicyclic) bond motifs is 1. The zero-order chi connectivity index (χ0) is 30.5. The fraction of sp³-hybridized carbons (Fsp3) is 0.171. The molecule has 0 spiro atoms. The Labute approximate surface area is 261 Å². The second-order valence-corrected chi connectivity index (χ2v) is 11.4. The molecule has 9 heteroatoms. The number of thioether (sulfide) groups is 1. The van der Waals surface area contributed by atoms with Crippen molar-refractivity contribution in [3.05, 3.63) is 137 Å². The lowest BCUT2D eigenvalue weighted by atomic mass is 9.94. The van der Waals surface area contributed by atoms with Crippen LogP contribution in [0.25, 0.3) is 0 Å². The van der Waals surface area contributed by atoms with E-state index in [9.17, 15) is 4.79 Å². The summed E-state index contributed by atoms with van der Waals surface area (Å²) in [5, 5.41) is 11.9. The molecule has 6 rings (SSSR count). The van der Waals surface area contributed by atoms with E-state index in [4.69, 9.17) is 19.6 Å². The van der Waals surface area contributed by atoms with Crippen LogP contribution in [0.1, 0.15) is 35.2 Å². The molecule has 1 aliphatic heterocycles. The first kappa shape index (κ1) is 29.1. The van der Waals surface area contributed by atoms with Crippen molar-refractivity contribution in [1.29, 1.82) is 0 Å². The normalized spacial score (nSPS) is 14.0. The summed E-state index contributed by atoms with van der Waals surface area (Å²) in [6.07, 6.45) is 0. The fourth-order valence-corrected chi connectivity index (χ4v) is 5.86. The second kappa shape index (κ2) is 13.1. The zero-order valence-electron chi connectivity index (χ0n) is 24.8. The van der Waals surface area contributed by atoms with Crippen LogP contribution in [0.15, 0.2) is 120 Å². The van der Waals surface area contributed by atoms with Crippen molar-refractivity contribution in [2.45, 2.75) is 37.4 Å². The number of aryl methyl sites for hydroxylation is 1. The molecule has 0 radical (unpaired) electrons. The first-order valence-electron chi connectivity index (χ1n) is 14.3. The van der Waals surface area contributed by atoms with Gasteiger partial charge in [-0.15, -0.1) is 5.10 Å². The van der Waals surface area contributed by atoms with Gasteiger partial charge in [0.2, 0.25) is 11.1 Å². The smallest absolute Gasteiger partial charge is 0.255 e. The van der Waals surface area contributed by atoms with E-state index < -0.39 is 6.04 Å². The highest BCUT2D eigenvalue weighted by atomic mass is 32.2. The van der Waals surface area contributed by atoms with E-state index in [1.54, 1.807) is 23.6 Å². The van der Waals surface area contributed by atoms with Gasteiger partial charge in [-0.3, -0.25) is 4.79 Å². The summed E-state index contributed by atoms with van der Waals surface area (Å²) in [5.41, 5.74) is 6.10. The summed E-state index contributed by atoms with van der Waals surface area (Å²) in [6.45, 7) is 4.38. The molecular formula is C35H33N5O3S. The third kappa shape index (κ3) is 6.48. The van der Waals surface area contributed by atoms with E-state index in [1.807, 2.05) is 73.7 Å². The van der Waals surface area contributed by atoms with Gasteiger partial charge in [-0.1, -0.05) is 96.2 Å². The molecule has 0 saturated carbocycles. The molecule has 5 aromatic rings. The second-order valence-electron chi connectivity index (χ2n) is 10.5. The van der Waals surface area contributed by atoms with Crippen molar-refractivity contribution in [3.8, 4) is 11.5 Å². The number of hydrogen-bond acceptors (Lipinski definition) is 7. The van der Waals surface area contributed by atoms with E-state index >= 15 is 0 Å². The van der Waals surface area contributed by atoms with Gasteiger partial charge < -0.3 is 20.1 Å². The van der Waals surface area contributed by atoms with Gasteiger partial charge in [-0.25, -0.2) is 4.68 Å². The number of methoxy groups -OCH3 is 1. The van der Waals surface area contributed by atoms with Gasteiger partial charge in [0.1, 0.15) is 24.1 Å². The van der Waals surface area contributed by atoms with Crippen LogP contribution in [-0.2, 0) is 17.2 Å². The number of carbonyl (C=O) groups is 1. The van der Waals surface area contributed by atoms with Gasteiger partial charge in [-0.05, 0) is 54.8 Å². The number of allylic oxidation sites excluding steroid dienone is 1. The Balaban J connectivity index is 1.33. The Morgan fingerprint density at radius 2 is 1.70 bits per heavy atom. The van der Waals surface area contributed by atoms with Gasteiger partial charge in [0.05, 0.1) is 18.4 Å². The number of rotatable bonds is 10. The van der Waals surface area contributed by atoms with Crippen LogP contribution in [0.5, 0.6) is 11.5 Å². The van der Waals surface area contributed by atoms with Gasteiger partial charge in [-0.2, -0.15) is 4.98 Å². The third-order valence-corrected chi connectivity index (χ3v) is 8.25. The lowest BCUT2D eigenvalue weighted by Gasteiger charge is -2.29. The molecule has 8 nitrogen and oxygen atoms in total. The summed E-state index contributed by atoms with van der Waals surface area (Å²) in [6, 6.07) is 33.1. The molecule has 0 bridgehead atoms. The number of hydrogen-bond donors (Lipinski definition) is 2. The highest BCUT2D eigenvalue weighted by Crippen LogP contribution is 2.38. The Morgan fingerprint density at radius 1 is 0.932 bits per heavy atom. The molecule has 0 fully saturated rings. The maximum Gasteiger partial charge on any atom is 0.255 e. The van der Waals surface area contributed by atoms with Gasteiger partial charge in [0, 0.05) is 11.4 Å². The van der Waals surface area contributed by atoms with Crippen molar-refractivity contribution in [1.82, 2.24) is 14.8 Å². The molecule has 1 unspecified atom stereocenters. The third-order valence-electron chi connectivity index (χ3n) is 7.34. The van der Waals surface area contributed by atoms with Crippen molar-refractivity contribution < 1.29 is 14.3 Å². The SMILES string of the molecule is COc1ccccc1NC(=O)C1=C(C)Nc2nc(SCc3ccccc3)nn2C1c1cccc(OCc2ccc(C)cc2)c1. The lowest BCUT2D eigenvalue weighted by molar-refractivity contribution is -0.113. The number of nitrogens with one attached hydrogen (secondary N) is 2. The molecule has 2 N–H and O–H groups in total. The van der Waals surface area contributed by atoms with Gasteiger partial charge in [0.15, 0.2) is 0 Å². The van der Waals surface area contributed by atoms with E-state index in [0.717, 1.165) is 16.9 Å². The molecule has 222 valence electrons. The van der Waals surface area contributed by atoms with Crippen LogP contribution in [0.2, 0.25) is 0 Å². The van der Waals surface area contributed by atoms with Crippen molar-refractivity contribution in [2.24, 2.45) is 0 Å². The fourth-order valence-electron chi connectivity index (χ4n) is 5.08. The molecule has 4 aromatic carbocycles. The van der Waals surface area contributed by atoms with Crippen LogP contribution in [0, 0.1) is 6.92 Å². The summed E-state index contributed by atoms with van der Waals surface area (Å²) < 4.78 is 13.5. The topological polar surface area (TPSA) is 90.3 Å². The van der Waals surface area contributed by atoms with Crippen LogP contribution in [0.4, 0.5) is 11.6 Å². The minimum atomic E-state index is -0.553. The predicted octanol–water partition coefficient (Wildman–Crippen LogP) is 7.39. The number of amides is 1. The van der Waals surface area contributed by atoms with E-state index in [0.29, 0.717) is 46.2 Å². The number of anilines is 2. The lowest BCUT2D eigenvalue weighted by Crippen LogP contribution is -2.31. The number of benzene rings is 4. The number of ether oxygens (including phenoxy) is 2. The molecule has 1 atom stereocenters. The zero-order valence-corrected chi connectivity index (χ0v) is 25.6. The van der Waals surface area contributed by atoms with Crippen LogP contribution < -0.4 is 20.1 Å². The predicted molar refractivity (Wildman–Crippen MR) is 174 cm³/mol. The number of carbonyl (C=O) groups excluding carboxylic acids is 1. The average Bonchev–Trinajstić information content (AvgIpc) is 3.46. The van der Waals surface area contributed by atoms with Gasteiger partial charge >= 0.3 is 0 Å². The maximum absolute atomic E-state index is 14.0. The molecule has 1 aliphatic rings. The standard InChI is InChI=1S/C35H33N5O3S/c1-23-16-18-25(19-17-23)21-43-28-13-9-12-27(20-28)32-31(33(41)37-29-14-7-8-15-30(29)42-3)24(2)36-34-38-35(39-40(32)34)44-22-26-10-5-4-6-11-26/h4-20,32H,21-22H2,1-3H3,(H,37,41)(H,36,38,39). The number of nitrogens with zero attached hydrogens (tertiary/aromatic N) is 3. The Kier molecular flexibility index (Phi) is 8.65. The molecule has 0 aliphatic carbocycles. The minimum absolute atomic E-state index is 0.268.